The van der Waals surface area contributed by atoms with Gasteiger partial charge in [-0.1, -0.05) is 0 Å². The van der Waals surface area contributed by atoms with Gasteiger partial charge in [0.25, 0.3) is 5.56 Å². The summed E-state index contributed by atoms with van der Waals surface area (Å²) in [5.74, 6) is -0.551. The second kappa shape index (κ2) is 8.43. The van der Waals surface area contributed by atoms with Crippen molar-refractivity contribution in [1.29, 1.82) is 5.26 Å². The molecule has 0 radical (unpaired) electrons. The minimum atomic E-state index is -1.87. The number of hydrogen-bond acceptors (Lipinski definition) is 9. The van der Waals surface area contributed by atoms with Gasteiger partial charge in [0, 0.05) is 24.3 Å². The van der Waals surface area contributed by atoms with Crippen molar-refractivity contribution in [2.45, 2.75) is 30.5 Å². The van der Waals surface area contributed by atoms with Crippen LogP contribution in [0.5, 0.6) is 0 Å². The number of rotatable bonds is 7. The maximum Gasteiger partial charge on any atom is 0.329 e. The van der Waals surface area contributed by atoms with Crippen molar-refractivity contribution in [3.8, 4) is 6.07 Å². The average Bonchev–Trinajstić information content (AvgIpc) is 2.89. The first-order valence-corrected chi connectivity index (χ1v) is 9.40. The molecule has 0 aliphatic heterocycles. The molecule has 1 heterocycles. The molecule has 3 atom stereocenters. The zero-order chi connectivity index (χ0) is 20.2. The number of thioether (sulfide) groups is 1. The molecule has 2 rings (SSSR count). The number of aromatic nitrogens is 2. The lowest BCUT2D eigenvalue weighted by molar-refractivity contribution is -0.144. The summed E-state index contributed by atoms with van der Waals surface area (Å²) in [4.78, 5) is 37.2. The molecule has 0 amide bonds. The van der Waals surface area contributed by atoms with Crippen LogP contribution < -0.4 is 17.0 Å². The third-order valence-corrected chi connectivity index (χ3v) is 4.97. The van der Waals surface area contributed by atoms with Crippen LogP contribution in [0.1, 0.15) is 12.8 Å². The highest BCUT2D eigenvalue weighted by Crippen LogP contribution is 2.38. The van der Waals surface area contributed by atoms with E-state index in [1.165, 1.54) is 11.8 Å². The first-order chi connectivity index (χ1) is 12.8. The Morgan fingerprint density at radius 1 is 1.63 bits per heavy atom. The molecule has 1 aliphatic rings. The van der Waals surface area contributed by atoms with E-state index in [1.54, 1.807) is 0 Å². The number of ether oxygens (including phenoxy) is 1. The zero-order valence-electron chi connectivity index (χ0n) is 14.5. The van der Waals surface area contributed by atoms with Crippen molar-refractivity contribution >= 4 is 17.7 Å². The third-order valence-electron chi connectivity index (χ3n) is 4.33. The molecule has 5 N–H and O–H groups in total. The Morgan fingerprint density at radius 3 is 2.93 bits per heavy atom. The molecule has 27 heavy (non-hydrogen) atoms. The summed E-state index contributed by atoms with van der Waals surface area (Å²) in [5, 5.41) is 30.2. The van der Waals surface area contributed by atoms with E-state index < -0.39 is 40.7 Å². The number of nitrogens with zero attached hydrogens (tertiary/aromatic N) is 2. The van der Waals surface area contributed by atoms with Gasteiger partial charge in [-0.2, -0.15) is 17.0 Å². The topological polar surface area (TPSA) is 171 Å². The summed E-state index contributed by atoms with van der Waals surface area (Å²) < 4.78 is 5.91. The van der Waals surface area contributed by atoms with E-state index in [-0.39, 0.29) is 18.6 Å². The highest BCUT2D eigenvalue weighted by atomic mass is 32.2. The number of nitriles is 1. The number of carbonyl (C=O) groups is 1. The highest BCUT2D eigenvalue weighted by Gasteiger charge is 2.50. The number of aromatic amines is 1. The van der Waals surface area contributed by atoms with Crippen LogP contribution >= 0.6 is 11.8 Å². The number of nitrogens with two attached hydrogens (primary N) is 1. The Balaban J connectivity index is 2.20. The maximum atomic E-state index is 12.0. The Morgan fingerprint density at radius 2 is 2.33 bits per heavy atom. The van der Waals surface area contributed by atoms with Gasteiger partial charge in [0.2, 0.25) is 0 Å². The van der Waals surface area contributed by atoms with Crippen molar-refractivity contribution in [2.24, 2.45) is 5.73 Å². The van der Waals surface area contributed by atoms with E-state index in [4.69, 9.17) is 10.5 Å². The Bertz CT molecular complexity index is 901. The fourth-order valence-electron chi connectivity index (χ4n) is 2.79. The van der Waals surface area contributed by atoms with Crippen molar-refractivity contribution in [1.82, 2.24) is 9.55 Å². The van der Waals surface area contributed by atoms with Gasteiger partial charge in [0.05, 0.1) is 6.07 Å². The monoisotopic (exact) mass is 396 g/mol. The van der Waals surface area contributed by atoms with Crippen LogP contribution in [-0.2, 0) is 15.1 Å². The normalized spacial score (nSPS) is 23.1. The van der Waals surface area contributed by atoms with Gasteiger partial charge in [-0.3, -0.25) is 19.1 Å². The second-order valence-electron chi connectivity index (χ2n) is 6.08. The molecule has 0 fully saturated rings. The summed E-state index contributed by atoms with van der Waals surface area (Å²) >= 11 is 1.53. The van der Waals surface area contributed by atoms with Crippen LogP contribution in [0, 0.1) is 11.3 Å². The van der Waals surface area contributed by atoms with E-state index in [2.05, 4.69) is 0 Å². The lowest BCUT2D eigenvalue weighted by Crippen LogP contribution is -2.48. The summed E-state index contributed by atoms with van der Waals surface area (Å²) in [6, 6.07) is 2.02. The molecule has 0 aromatic carbocycles. The molecule has 1 aromatic heterocycles. The number of carbonyl (C=O) groups excluding carboxylic acids is 1. The van der Waals surface area contributed by atoms with Crippen molar-refractivity contribution in [2.75, 3.05) is 18.6 Å². The van der Waals surface area contributed by atoms with Crippen molar-refractivity contribution in [3.05, 3.63) is 44.4 Å². The molecule has 0 saturated carbocycles. The number of hydrogen-bond donors (Lipinski definition) is 4. The molecule has 146 valence electrons. The zero-order valence-corrected chi connectivity index (χ0v) is 15.4. The van der Waals surface area contributed by atoms with Crippen LogP contribution in [-0.4, -0.2) is 56.5 Å². The first-order valence-electron chi connectivity index (χ1n) is 8.00. The maximum absolute atomic E-state index is 12.0. The molecule has 11 heteroatoms. The second-order valence-corrected chi connectivity index (χ2v) is 7.07. The van der Waals surface area contributed by atoms with Gasteiger partial charge >= 0.3 is 11.7 Å². The lowest BCUT2D eigenvalue weighted by atomic mass is 9.94. The largest absolute Gasteiger partial charge is 0.509 e. The fraction of sp³-hybridized carbons (Fsp3) is 0.500. The van der Waals surface area contributed by atoms with Crippen LogP contribution in [0.15, 0.2) is 33.2 Å². The quantitative estimate of drug-likeness (QED) is 0.420. The average molecular weight is 396 g/mol. The first kappa shape index (κ1) is 20.8. The van der Waals surface area contributed by atoms with Crippen molar-refractivity contribution < 1.29 is 19.7 Å². The predicted molar refractivity (Wildman–Crippen MR) is 97.1 cm³/mol. The van der Waals surface area contributed by atoms with Crippen LogP contribution in [0.4, 0.5) is 0 Å². The number of aliphatic hydroxyl groups excluding tert-OH is 2. The number of nitrogens with one attached hydrogen (secondary N) is 1. The molecule has 0 spiro atoms. The smallest absolute Gasteiger partial charge is 0.329 e. The van der Waals surface area contributed by atoms with Crippen LogP contribution in [0.3, 0.4) is 0 Å². The molecular weight excluding hydrogens is 376 g/mol. The molecule has 0 saturated heterocycles. The van der Waals surface area contributed by atoms with E-state index in [0.717, 1.165) is 16.8 Å². The summed E-state index contributed by atoms with van der Waals surface area (Å²) in [6.07, 6.45) is 1.36. The Labute approximate surface area is 158 Å². The highest BCUT2D eigenvalue weighted by molar-refractivity contribution is 7.98. The third kappa shape index (κ3) is 4.08. The fourth-order valence-corrected chi connectivity index (χ4v) is 3.28. The SMILES string of the molecule is CSCC[C@H](N)C(=O)OCC1=C(O)C(O)[C@](C#N)(n2ccc(=O)[nH]c2=O)C1. The van der Waals surface area contributed by atoms with Gasteiger partial charge in [0.1, 0.15) is 24.5 Å². The lowest BCUT2D eigenvalue weighted by Gasteiger charge is -2.27. The molecule has 1 aromatic rings. The van der Waals surface area contributed by atoms with Crippen LogP contribution in [0.25, 0.3) is 0 Å². The van der Waals surface area contributed by atoms with Gasteiger partial charge in [0.15, 0.2) is 5.54 Å². The van der Waals surface area contributed by atoms with Gasteiger partial charge in [-0.05, 0) is 18.4 Å². The molecule has 0 bridgehead atoms. The predicted octanol–water partition coefficient (Wildman–Crippen LogP) is -1.04. The number of aliphatic hydroxyl groups is 2. The van der Waals surface area contributed by atoms with Gasteiger partial charge in [-0.15, -0.1) is 0 Å². The standard InChI is InChI=1S/C16H20N4O6S/c1-27-5-3-10(18)14(24)26-7-9-6-16(8-17,13(23)12(9)22)20-4-2-11(21)19-15(20)25/h2,4,10,13,22-23H,3,5-7,18H2,1H3,(H,19,21,25)/t10-,13?,16-/m0/s1. The number of esters is 1. The summed E-state index contributed by atoms with van der Waals surface area (Å²) in [5.41, 5.74) is 2.36. The van der Waals surface area contributed by atoms with E-state index in [9.17, 15) is 29.9 Å². The van der Waals surface area contributed by atoms with Gasteiger partial charge in [-0.25, -0.2) is 4.79 Å². The molecular formula is C16H20N4O6S. The van der Waals surface area contributed by atoms with E-state index in [1.807, 2.05) is 17.3 Å². The number of H-pyrrole nitrogens is 1. The molecule has 1 unspecified atom stereocenters. The summed E-state index contributed by atoms with van der Waals surface area (Å²) in [7, 11) is 0. The van der Waals surface area contributed by atoms with Crippen LogP contribution in [0.2, 0.25) is 0 Å². The molecule has 10 nitrogen and oxygen atoms in total. The van der Waals surface area contributed by atoms with E-state index >= 15 is 0 Å². The summed E-state index contributed by atoms with van der Waals surface area (Å²) in [6.45, 7) is -0.379. The molecule has 1 aliphatic carbocycles. The minimum absolute atomic E-state index is 0.0903. The van der Waals surface area contributed by atoms with E-state index in [0.29, 0.717) is 12.2 Å². The Hall–Kier alpha value is -2.55. The van der Waals surface area contributed by atoms with Gasteiger partial charge < -0.3 is 20.7 Å². The Kier molecular flexibility index (Phi) is 6.48. The minimum Gasteiger partial charge on any atom is -0.509 e. The van der Waals surface area contributed by atoms with Crippen molar-refractivity contribution in [3.63, 3.8) is 0 Å².